The molecule has 3 rings (SSSR count). The van der Waals surface area contributed by atoms with Gasteiger partial charge in [0.15, 0.2) is 0 Å². The molecule has 0 bridgehead atoms. The van der Waals surface area contributed by atoms with Crippen LogP contribution in [0.2, 0.25) is 0 Å². The van der Waals surface area contributed by atoms with Gasteiger partial charge in [-0.25, -0.2) is 4.79 Å². The smallest absolute Gasteiger partial charge is 0.321 e. The number of urea groups is 1. The summed E-state index contributed by atoms with van der Waals surface area (Å²) < 4.78 is 5.25. The average molecular weight is 311 g/mol. The summed E-state index contributed by atoms with van der Waals surface area (Å²) in [5.41, 5.74) is 4.05. The molecule has 2 aromatic rings. The Morgan fingerprint density at radius 3 is 2.04 bits per heavy atom. The number of hydrogen-bond donors (Lipinski definition) is 2. The van der Waals surface area contributed by atoms with Gasteiger partial charge in [0.25, 0.3) is 0 Å². The first-order valence-electron chi connectivity index (χ1n) is 7.78. The van der Waals surface area contributed by atoms with Crippen molar-refractivity contribution in [2.24, 2.45) is 0 Å². The second-order valence-corrected chi connectivity index (χ2v) is 5.60. The van der Waals surface area contributed by atoms with E-state index in [0.29, 0.717) is 26.3 Å². The van der Waals surface area contributed by atoms with Crippen molar-refractivity contribution in [3.05, 3.63) is 54.1 Å². The fourth-order valence-electron chi connectivity index (χ4n) is 2.41. The van der Waals surface area contributed by atoms with Crippen molar-refractivity contribution in [2.75, 3.05) is 36.9 Å². The number of benzene rings is 2. The van der Waals surface area contributed by atoms with Crippen LogP contribution in [0.15, 0.2) is 48.5 Å². The summed E-state index contributed by atoms with van der Waals surface area (Å²) >= 11 is 0. The van der Waals surface area contributed by atoms with Crippen molar-refractivity contribution in [3.63, 3.8) is 0 Å². The monoisotopic (exact) mass is 311 g/mol. The molecule has 0 aromatic heterocycles. The number of carbonyl (C=O) groups excluding carboxylic acids is 1. The zero-order valence-corrected chi connectivity index (χ0v) is 13.2. The maximum atomic E-state index is 12.1. The van der Waals surface area contributed by atoms with E-state index in [1.807, 2.05) is 36.4 Å². The van der Waals surface area contributed by atoms with E-state index in [1.54, 1.807) is 4.90 Å². The van der Waals surface area contributed by atoms with Crippen LogP contribution in [-0.4, -0.2) is 37.2 Å². The molecule has 120 valence electrons. The number of nitrogens with zero attached hydrogens (tertiary/aromatic N) is 1. The molecule has 2 N–H and O–H groups in total. The summed E-state index contributed by atoms with van der Waals surface area (Å²) in [6.07, 6.45) is 0. The number of hydrogen-bond acceptors (Lipinski definition) is 3. The average Bonchev–Trinajstić information content (AvgIpc) is 2.59. The minimum Gasteiger partial charge on any atom is -0.378 e. The highest BCUT2D eigenvalue weighted by molar-refractivity contribution is 5.89. The molecule has 1 aliphatic rings. The summed E-state index contributed by atoms with van der Waals surface area (Å²) in [7, 11) is 0. The Morgan fingerprint density at radius 2 is 1.43 bits per heavy atom. The van der Waals surface area contributed by atoms with Crippen molar-refractivity contribution < 1.29 is 9.53 Å². The quantitative estimate of drug-likeness (QED) is 0.910. The van der Waals surface area contributed by atoms with Crippen molar-refractivity contribution in [1.29, 1.82) is 0 Å². The van der Waals surface area contributed by atoms with Gasteiger partial charge in [-0.15, -0.1) is 0 Å². The zero-order chi connectivity index (χ0) is 16.1. The standard InChI is InChI=1S/C18H21N3O2/c1-14-2-4-15(5-3-14)19-16-6-8-17(9-7-16)20-18(22)21-10-12-23-13-11-21/h2-9,19H,10-13H2,1H3,(H,20,22). The van der Waals surface area contributed by atoms with Crippen LogP contribution in [0.25, 0.3) is 0 Å². The molecule has 2 amide bonds. The van der Waals surface area contributed by atoms with Gasteiger partial charge >= 0.3 is 6.03 Å². The molecule has 0 spiro atoms. The van der Waals surface area contributed by atoms with E-state index in [9.17, 15) is 4.79 Å². The first-order chi connectivity index (χ1) is 11.2. The summed E-state index contributed by atoms with van der Waals surface area (Å²) in [4.78, 5) is 13.9. The third-order valence-corrected chi connectivity index (χ3v) is 3.77. The van der Waals surface area contributed by atoms with Crippen molar-refractivity contribution in [1.82, 2.24) is 4.90 Å². The second-order valence-electron chi connectivity index (χ2n) is 5.60. The molecular weight excluding hydrogens is 290 g/mol. The number of amides is 2. The van der Waals surface area contributed by atoms with Gasteiger partial charge in [-0.05, 0) is 43.3 Å². The lowest BCUT2D eigenvalue weighted by molar-refractivity contribution is 0.0564. The highest BCUT2D eigenvalue weighted by atomic mass is 16.5. The summed E-state index contributed by atoms with van der Waals surface area (Å²) in [6, 6.07) is 15.9. The number of aryl methyl sites for hydroxylation is 1. The van der Waals surface area contributed by atoms with Crippen molar-refractivity contribution in [2.45, 2.75) is 6.92 Å². The van der Waals surface area contributed by atoms with Gasteiger partial charge < -0.3 is 20.3 Å². The van der Waals surface area contributed by atoms with Gasteiger partial charge in [-0.2, -0.15) is 0 Å². The summed E-state index contributed by atoms with van der Waals surface area (Å²) in [5.74, 6) is 0. The zero-order valence-electron chi connectivity index (χ0n) is 13.2. The van der Waals surface area contributed by atoms with Crippen molar-refractivity contribution in [3.8, 4) is 0 Å². The molecule has 1 fully saturated rings. The topological polar surface area (TPSA) is 53.6 Å². The van der Waals surface area contributed by atoms with E-state index in [1.165, 1.54) is 5.56 Å². The van der Waals surface area contributed by atoms with Crippen LogP contribution in [0.1, 0.15) is 5.56 Å². The molecule has 0 atom stereocenters. The second kappa shape index (κ2) is 7.15. The minimum atomic E-state index is -0.0763. The van der Waals surface area contributed by atoms with Crippen LogP contribution in [0.4, 0.5) is 21.9 Å². The molecular formula is C18H21N3O2. The van der Waals surface area contributed by atoms with Crippen molar-refractivity contribution >= 4 is 23.1 Å². The van der Waals surface area contributed by atoms with E-state index >= 15 is 0 Å². The summed E-state index contributed by atoms with van der Waals surface area (Å²) in [6.45, 7) is 4.55. The van der Waals surface area contributed by atoms with Crippen LogP contribution in [0.3, 0.4) is 0 Å². The van der Waals surface area contributed by atoms with Gasteiger partial charge in [-0.1, -0.05) is 17.7 Å². The van der Waals surface area contributed by atoms with E-state index in [-0.39, 0.29) is 6.03 Å². The predicted octanol–water partition coefficient (Wildman–Crippen LogP) is 3.60. The van der Waals surface area contributed by atoms with E-state index in [2.05, 4.69) is 29.7 Å². The number of anilines is 3. The molecule has 0 unspecified atom stereocenters. The lowest BCUT2D eigenvalue weighted by Gasteiger charge is -2.26. The maximum absolute atomic E-state index is 12.1. The molecule has 2 aromatic carbocycles. The Balaban J connectivity index is 1.58. The molecule has 0 aliphatic carbocycles. The first-order valence-corrected chi connectivity index (χ1v) is 7.78. The van der Waals surface area contributed by atoms with Crippen LogP contribution in [0, 0.1) is 6.92 Å². The Kier molecular flexibility index (Phi) is 4.78. The van der Waals surface area contributed by atoms with Crippen LogP contribution in [-0.2, 0) is 4.74 Å². The largest absolute Gasteiger partial charge is 0.378 e. The molecule has 5 heteroatoms. The molecule has 5 nitrogen and oxygen atoms in total. The predicted molar refractivity (Wildman–Crippen MR) is 92.3 cm³/mol. The van der Waals surface area contributed by atoms with Crippen LogP contribution in [0.5, 0.6) is 0 Å². The number of nitrogens with one attached hydrogen (secondary N) is 2. The fourth-order valence-corrected chi connectivity index (χ4v) is 2.41. The lowest BCUT2D eigenvalue weighted by Crippen LogP contribution is -2.43. The first kappa shape index (κ1) is 15.4. The Bertz CT molecular complexity index is 647. The van der Waals surface area contributed by atoms with Gasteiger partial charge in [0.05, 0.1) is 13.2 Å². The van der Waals surface area contributed by atoms with E-state index in [0.717, 1.165) is 17.1 Å². The number of carbonyl (C=O) groups is 1. The Morgan fingerprint density at radius 1 is 0.913 bits per heavy atom. The lowest BCUT2D eigenvalue weighted by atomic mass is 10.2. The Labute approximate surface area is 136 Å². The highest BCUT2D eigenvalue weighted by Crippen LogP contribution is 2.19. The molecule has 1 saturated heterocycles. The fraction of sp³-hybridized carbons (Fsp3) is 0.278. The van der Waals surface area contributed by atoms with Gasteiger partial charge in [-0.3, -0.25) is 0 Å². The van der Waals surface area contributed by atoms with Crippen LogP contribution < -0.4 is 10.6 Å². The number of rotatable bonds is 3. The highest BCUT2D eigenvalue weighted by Gasteiger charge is 2.16. The summed E-state index contributed by atoms with van der Waals surface area (Å²) in [5, 5.41) is 6.25. The SMILES string of the molecule is Cc1ccc(Nc2ccc(NC(=O)N3CCOCC3)cc2)cc1. The van der Waals surface area contributed by atoms with Gasteiger partial charge in [0, 0.05) is 30.2 Å². The minimum absolute atomic E-state index is 0.0763. The number of ether oxygens (including phenoxy) is 1. The molecule has 1 aliphatic heterocycles. The Hall–Kier alpha value is -2.53. The van der Waals surface area contributed by atoms with E-state index < -0.39 is 0 Å². The molecule has 23 heavy (non-hydrogen) atoms. The third-order valence-electron chi connectivity index (χ3n) is 3.77. The molecule has 1 heterocycles. The van der Waals surface area contributed by atoms with Crippen LogP contribution >= 0.6 is 0 Å². The molecule has 0 saturated carbocycles. The third kappa shape index (κ3) is 4.23. The van der Waals surface area contributed by atoms with Gasteiger partial charge in [0.1, 0.15) is 0 Å². The maximum Gasteiger partial charge on any atom is 0.321 e. The number of morpholine rings is 1. The normalized spacial score (nSPS) is 14.4. The van der Waals surface area contributed by atoms with Gasteiger partial charge in [0.2, 0.25) is 0 Å². The molecule has 0 radical (unpaired) electrons. The van der Waals surface area contributed by atoms with E-state index in [4.69, 9.17) is 4.74 Å².